The number of nitrogens with zero attached hydrogens (tertiary/aromatic N) is 1. The van der Waals surface area contributed by atoms with Gasteiger partial charge < -0.3 is 0 Å². The molecule has 1 aromatic carbocycles. The van der Waals surface area contributed by atoms with E-state index in [2.05, 4.69) is 0 Å². The van der Waals surface area contributed by atoms with Crippen LogP contribution in [0.1, 0.15) is 24.9 Å². The van der Waals surface area contributed by atoms with Crippen LogP contribution >= 0.6 is 0 Å². The zero-order chi connectivity index (χ0) is 10.6. The van der Waals surface area contributed by atoms with Gasteiger partial charge in [-0.3, -0.25) is 9.69 Å². The minimum atomic E-state index is -0.0961. The van der Waals surface area contributed by atoms with Crippen molar-refractivity contribution >= 4 is 5.78 Å². The lowest BCUT2D eigenvalue weighted by atomic mass is 10.0. The van der Waals surface area contributed by atoms with Crippen LogP contribution in [-0.2, 0) is 4.79 Å². The summed E-state index contributed by atoms with van der Waals surface area (Å²) in [4.78, 5) is 13.7. The Morgan fingerprint density at radius 3 is 2.29 bits per heavy atom. The van der Waals surface area contributed by atoms with Crippen LogP contribution in [0, 0.1) is 0 Å². The van der Waals surface area contributed by atoms with Gasteiger partial charge in [-0.2, -0.15) is 0 Å². The smallest absolute Gasteiger partial charge is 0.154 e. The van der Waals surface area contributed by atoms with Crippen molar-refractivity contribution in [1.82, 2.24) is 4.90 Å². The quantitative estimate of drug-likeness (QED) is 0.727. The standard InChI is InChI=1S/C12H17NO/c1-4-11(14)12(13(2)3)10-8-6-5-7-9-10/h5-9,12H,4H2,1-3H3. The lowest BCUT2D eigenvalue weighted by molar-refractivity contribution is -0.123. The molecule has 1 unspecified atom stereocenters. The molecule has 2 heteroatoms. The molecule has 0 aromatic heterocycles. The molecule has 0 aliphatic rings. The fourth-order valence-corrected chi connectivity index (χ4v) is 1.60. The Bertz CT molecular complexity index is 292. The van der Waals surface area contributed by atoms with Crippen LogP contribution in [0.3, 0.4) is 0 Å². The molecular formula is C12H17NO. The molecule has 0 N–H and O–H groups in total. The van der Waals surface area contributed by atoms with E-state index >= 15 is 0 Å². The van der Waals surface area contributed by atoms with Crippen molar-refractivity contribution in [3.8, 4) is 0 Å². The highest BCUT2D eigenvalue weighted by Crippen LogP contribution is 2.19. The van der Waals surface area contributed by atoms with Gasteiger partial charge in [-0.25, -0.2) is 0 Å². The summed E-state index contributed by atoms with van der Waals surface area (Å²) in [5.41, 5.74) is 1.07. The Balaban J connectivity index is 2.95. The van der Waals surface area contributed by atoms with Gasteiger partial charge in [0.25, 0.3) is 0 Å². The van der Waals surface area contributed by atoms with E-state index in [-0.39, 0.29) is 11.8 Å². The predicted octanol–water partition coefficient (Wildman–Crippen LogP) is 2.27. The van der Waals surface area contributed by atoms with Crippen molar-refractivity contribution in [2.75, 3.05) is 14.1 Å². The minimum Gasteiger partial charge on any atom is -0.298 e. The Morgan fingerprint density at radius 2 is 1.86 bits per heavy atom. The maximum absolute atomic E-state index is 11.7. The van der Waals surface area contributed by atoms with Crippen LogP contribution in [0.25, 0.3) is 0 Å². The molecular weight excluding hydrogens is 174 g/mol. The highest BCUT2D eigenvalue weighted by Gasteiger charge is 2.20. The molecule has 0 amide bonds. The van der Waals surface area contributed by atoms with Crippen LogP contribution in [-0.4, -0.2) is 24.8 Å². The topological polar surface area (TPSA) is 20.3 Å². The Morgan fingerprint density at radius 1 is 1.29 bits per heavy atom. The van der Waals surface area contributed by atoms with Crippen molar-refractivity contribution in [3.63, 3.8) is 0 Å². The number of rotatable bonds is 4. The summed E-state index contributed by atoms with van der Waals surface area (Å²) in [5, 5.41) is 0. The summed E-state index contributed by atoms with van der Waals surface area (Å²) < 4.78 is 0. The number of ketones is 1. The van der Waals surface area contributed by atoms with E-state index in [0.717, 1.165) is 5.56 Å². The van der Waals surface area contributed by atoms with Gasteiger partial charge in [-0.15, -0.1) is 0 Å². The van der Waals surface area contributed by atoms with E-state index in [1.54, 1.807) is 0 Å². The van der Waals surface area contributed by atoms with E-state index in [9.17, 15) is 4.79 Å². The van der Waals surface area contributed by atoms with Crippen molar-refractivity contribution in [2.45, 2.75) is 19.4 Å². The molecule has 1 rings (SSSR count). The fraction of sp³-hybridized carbons (Fsp3) is 0.417. The molecule has 0 heterocycles. The SMILES string of the molecule is CCC(=O)C(c1ccccc1)N(C)C. The second kappa shape index (κ2) is 4.91. The number of Topliss-reactive ketones (excluding diaryl/α,β-unsaturated/α-hetero) is 1. The number of benzene rings is 1. The summed E-state index contributed by atoms with van der Waals surface area (Å²) >= 11 is 0. The lowest BCUT2D eigenvalue weighted by Gasteiger charge is -2.22. The number of carbonyl (C=O) groups excluding carboxylic acids is 1. The van der Waals surface area contributed by atoms with Crippen LogP contribution in [0.4, 0.5) is 0 Å². The first kappa shape index (κ1) is 10.9. The van der Waals surface area contributed by atoms with Gasteiger partial charge in [0.15, 0.2) is 5.78 Å². The van der Waals surface area contributed by atoms with Gasteiger partial charge in [-0.05, 0) is 19.7 Å². The van der Waals surface area contributed by atoms with E-state index in [1.165, 1.54) is 0 Å². The minimum absolute atomic E-state index is 0.0961. The molecule has 2 nitrogen and oxygen atoms in total. The third kappa shape index (κ3) is 2.42. The Labute approximate surface area is 85.5 Å². The van der Waals surface area contributed by atoms with Gasteiger partial charge in [0.05, 0.1) is 6.04 Å². The molecule has 0 spiro atoms. The molecule has 0 saturated heterocycles. The monoisotopic (exact) mass is 191 g/mol. The third-order valence-corrected chi connectivity index (χ3v) is 2.29. The summed E-state index contributed by atoms with van der Waals surface area (Å²) in [7, 11) is 3.87. The second-order valence-electron chi connectivity index (χ2n) is 3.60. The summed E-state index contributed by atoms with van der Waals surface area (Å²) in [6, 6.07) is 9.80. The molecule has 0 radical (unpaired) electrons. The molecule has 0 aliphatic carbocycles. The van der Waals surface area contributed by atoms with Crippen molar-refractivity contribution in [3.05, 3.63) is 35.9 Å². The normalized spacial score (nSPS) is 12.9. The summed E-state index contributed by atoms with van der Waals surface area (Å²) in [5.74, 6) is 0.265. The van der Waals surface area contributed by atoms with E-state index in [4.69, 9.17) is 0 Å². The zero-order valence-electron chi connectivity index (χ0n) is 9.03. The van der Waals surface area contributed by atoms with E-state index < -0.39 is 0 Å². The fourth-order valence-electron chi connectivity index (χ4n) is 1.60. The number of carbonyl (C=O) groups is 1. The number of hydrogen-bond donors (Lipinski definition) is 0. The first-order valence-electron chi connectivity index (χ1n) is 4.91. The Kier molecular flexibility index (Phi) is 3.84. The summed E-state index contributed by atoms with van der Waals surface area (Å²) in [6.07, 6.45) is 0.581. The van der Waals surface area contributed by atoms with Gasteiger partial charge in [-0.1, -0.05) is 37.3 Å². The van der Waals surface area contributed by atoms with Gasteiger partial charge >= 0.3 is 0 Å². The largest absolute Gasteiger partial charge is 0.298 e. The Hall–Kier alpha value is -1.15. The molecule has 1 aromatic rings. The van der Waals surface area contributed by atoms with Gasteiger partial charge in [0.1, 0.15) is 0 Å². The van der Waals surface area contributed by atoms with E-state index in [0.29, 0.717) is 6.42 Å². The third-order valence-electron chi connectivity index (χ3n) is 2.29. The average Bonchev–Trinajstić information content (AvgIpc) is 2.19. The highest BCUT2D eigenvalue weighted by atomic mass is 16.1. The molecule has 0 bridgehead atoms. The van der Waals surface area contributed by atoms with Crippen LogP contribution in [0.15, 0.2) is 30.3 Å². The maximum atomic E-state index is 11.7. The van der Waals surface area contributed by atoms with Crippen molar-refractivity contribution in [2.24, 2.45) is 0 Å². The van der Waals surface area contributed by atoms with Crippen molar-refractivity contribution < 1.29 is 4.79 Å². The lowest BCUT2D eigenvalue weighted by Crippen LogP contribution is -2.27. The zero-order valence-corrected chi connectivity index (χ0v) is 9.03. The molecule has 14 heavy (non-hydrogen) atoms. The molecule has 0 fully saturated rings. The number of hydrogen-bond acceptors (Lipinski definition) is 2. The van der Waals surface area contributed by atoms with Gasteiger partial charge in [0, 0.05) is 6.42 Å². The first-order chi connectivity index (χ1) is 6.66. The van der Waals surface area contributed by atoms with Crippen LogP contribution in [0.5, 0.6) is 0 Å². The van der Waals surface area contributed by atoms with Crippen LogP contribution < -0.4 is 0 Å². The second-order valence-corrected chi connectivity index (χ2v) is 3.60. The molecule has 0 aliphatic heterocycles. The number of likely N-dealkylation sites (N-methyl/N-ethyl adjacent to an activating group) is 1. The molecule has 76 valence electrons. The average molecular weight is 191 g/mol. The highest BCUT2D eigenvalue weighted by molar-refractivity contribution is 5.84. The van der Waals surface area contributed by atoms with Crippen LogP contribution in [0.2, 0.25) is 0 Å². The van der Waals surface area contributed by atoms with E-state index in [1.807, 2.05) is 56.3 Å². The summed E-state index contributed by atoms with van der Waals surface area (Å²) in [6.45, 7) is 1.90. The molecule has 1 atom stereocenters. The first-order valence-corrected chi connectivity index (χ1v) is 4.91. The maximum Gasteiger partial charge on any atom is 0.154 e. The predicted molar refractivity (Wildman–Crippen MR) is 58.2 cm³/mol. The molecule has 0 saturated carbocycles. The van der Waals surface area contributed by atoms with Gasteiger partial charge in [0.2, 0.25) is 0 Å². The van der Waals surface area contributed by atoms with Crippen molar-refractivity contribution in [1.29, 1.82) is 0 Å².